The molecule has 0 bridgehead atoms. The van der Waals surface area contributed by atoms with Gasteiger partial charge in [0.05, 0.1) is 6.10 Å². The van der Waals surface area contributed by atoms with Crippen LogP contribution in [-0.2, 0) is 0 Å². The predicted molar refractivity (Wildman–Crippen MR) is 72.7 cm³/mol. The van der Waals surface area contributed by atoms with Gasteiger partial charge in [0.2, 0.25) is 0 Å². The van der Waals surface area contributed by atoms with E-state index in [0.717, 1.165) is 12.8 Å². The summed E-state index contributed by atoms with van der Waals surface area (Å²) in [4.78, 5) is 0. The van der Waals surface area contributed by atoms with Crippen LogP contribution in [0.1, 0.15) is 85.5 Å². The first kappa shape index (κ1) is 16.0. The topological polar surface area (TPSA) is 20.2 Å². The molecule has 0 saturated carbocycles. The lowest BCUT2D eigenvalue weighted by atomic mass is 9.81. The van der Waals surface area contributed by atoms with Crippen LogP contribution >= 0.6 is 0 Å². The molecular weight excluding hydrogens is 196 g/mol. The highest BCUT2D eigenvalue weighted by Crippen LogP contribution is 2.30. The molecule has 0 aliphatic rings. The average Bonchev–Trinajstić information content (AvgIpc) is 2.24. The van der Waals surface area contributed by atoms with Gasteiger partial charge in [0.15, 0.2) is 0 Å². The molecule has 16 heavy (non-hydrogen) atoms. The lowest BCUT2D eigenvalue weighted by molar-refractivity contribution is 0.127. The van der Waals surface area contributed by atoms with Gasteiger partial charge in [-0.15, -0.1) is 0 Å². The van der Waals surface area contributed by atoms with Gasteiger partial charge < -0.3 is 5.11 Å². The highest BCUT2D eigenvalue weighted by Gasteiger charge is 2.18. The third-order valence-corrected chi connectivity index (χ3v) is 3.50. The first-order valence-corrected chi connectivity index (χ1v) is 7.20. The van der Waals surface area contributed by atoms with E-state index in [0.29, 0.717) is 5.41 Å². The van der Waals surface area contributed by atoms with Gasteiger partial charge in [0.1, 0.15) is 0 Å². The Morgan fingerprint density at radius 3 is 2.06 bits per heavy atom. The second-order valence-electron chi connectivity index (χ2n) is 5.96. The van der Waals surface area contributed by atoms with Crippen molar-refractivity contribution in [3.05, 3.63) is 0 Å². The van der Waals surface area contributed by atoms with E-state index in [2.05, 4.69) is 27.7 Å². The van der Waals surface area contributed by atoms with Crippen molar-refractivity contribution in [3.63, 3.8) is 0 Å². The standard InChI is InChI=1S/C15H32O/c1-5-7-9-10-14(16)11-13-15(3,4)12-8-6-2/h14,16H,5-13H2,1-4H3. The number of unbranched alkanes of at least 4 members (excludes halogenated alkanes) is 3. The minimum Gasteiger partial charge on any atom is -0.393 e. The normalized spacial score (nSPS) is 14.1. The zero-order chi connectivity index (χ0) is 12.4. The Kier molecular flexibility index (Phi) is 9.02. The van der Waals surface area contributed by atoms with E-state index in [9.17, 15) is 5.11 Å². The average molecular weight is 228 g/mol. The van der Waals surface area contributed by atoms with E-state index in [4.69, 9.17) is 0 Å². The lowest BCUT2D eigenvalue weighted by Crippen LogP contribution is -2.16. The number of hydrogen-bond donors (Lipinski definition) is 1. The Labute approximate surface area is 103 Å². The SMILES string of the molecule is CCCCCC(O)CCC(C)(C)CCCC. The molecule has 1 unspecified atom stereocenters. The van der Waals surface area contributed by atoms with Crippen molar-refractivity contribution in [1.29, 1.82) is 0 Å². The number of aliphatic hydroxyl groups excluding tert-OH is 1. The summed E-state index contributed by atoms with van der Waals surface area (Å²) in [5.41, 5.74) is 0.418. The summed E-state index contributed by atoms with van der Waals surface area (Å²) in [6, 6.07) is 0. The van der Waals surface area contributed by atoms with Crippen molar-refractivity contribution in [3.8, 4) is 0 Å². The second kappa shape index (κ2) is 9.04. The van der Waals surface area contributed by atoms with Crippen LogP contribution in [0.15, 0.2) is 0 Å². The maximum Gasteiger partial charge on any atom is 0.0540 e. The molecule has 98 valence electrons. The van der Waals surface area contributed by atoms with Crippen molar-refractivity contribution in [2.75, 3.05) is 0 Å². The highest BCUT2D eigenvalue weighted by molar-refractivity contribution is 4.70. The fourth-order valence-electron chi connectivity index (χ4n) is 2.11. The maximum absolute atomic E-state index is 9.86. The van der Waals surface area contributed by atoms with E-state index in [1.54, 1.807) is 0 Å². The number of rotatable bonds is 10. The summed E-state index contributed by atoms with van der Waals surface area (Å²) in [6.07, 6.45) is 10.7. The van der Waals surface area contributed by atoms with Crippen LogP contribution < -0.4 is 0 Å². The van der Waals surface area contributed by atoms with Gasteiger partial charge in [-0.2, -0.15) is 0 Å². The third-order valence-electron chi connectivity index (χ3n) is 3.50. The van der Waals surface area contributed by atoms with Gasteiger partial charge >= 0.3 is 0 Å². The smallest absolute Gasteiger partial charge is 0.0540 e. The van der Waals surface area contributed by atoms with Crippen LogP contribution in [0.4, 0.5) is 0 Å². The van der Waals surface area contributed by atoms with Crippen molar-refractivity contribution >= 4 is 0 Å². The quantitative estimate of drug-likeness (QED) is 0.526. The van der Waals surface area contributed by atoms with Gasteiger partial charge in [0.25, 0.3) is 0 Å². The van der Waals surface area contributed by atoms with Crippen molar-refractivity contribution < 1.29 is 5.11 Å². The molecular formula is C15H32O. The fourth-order valence-corrected chi connectivity index (χ4v) is 2.11. The van der Waals surface area contributed by atoms with E-state index < -0.39 is 0 Å². The molecule has 0 aliphatic carbocycles. The Hall–Kier alpha value is -0.0400. The minimum absolute atomic E-state index is 0.0625. The molecule has 0 fully saturated rings. The Morgan fingerprint density at radius 2 is 1.50 bits per heavy atom. The lowest BCUT2D eigenvalue weighted by Gasteiger charge is -2.25. The molecule has 1 nitrogen and oxygen atoms in total. The second-order valence-corrected chi connectivity index (χ2v) is 5.96. The van der Waals surface area contributed by atoms with Crippen molar-refractivity contribution in [2.24, 2.45) is 5.41 Å². The zero-order valence-corrected chi connectivity index (χ0v) is 11.9. The zero-order valence-electron chi connectivity index (χ0n) is 11.9. The largest absolute Gasteiger partial charge is 0.393 e. The number of aliphatic hydroxyl groups is 1. The summed E-state index contributed by atoms with van der Waals surface area (Å²) in [6.45, 7) is 9.12. The van der Waals surface area contributed by atoms with Crippen LogP contribution in [0.25, 0.3) is 0 Å². The fraction of sp³-hybridized carbons (Fsp3) is 1.00. The molecule has 0 saturated heterocycles. The molecule has 0 aromatic heterocycles. The maximum atomic E-state index is 9.86. The molecule has 0 aromatic carbocycles. The molecule has 0 aromatic rings. The van der Waals surface area contributed by atoms with Crippen molar-refractivity contribution in [1.82, 2.24) is 0 Å². The number of hydrogen-bond acceptors (Lipinski definition) is 1. The van der Waals surface area contributed by atoms with Crippen LogP contribution in [0, 0.1) is 5.41 Å². The van der Waals surface area contributed by atoms with E-state index in [-0.39, 0.29) is 6.10 Å². The Bertz CT molecular complexity index is 152. The Balaban J connectivity index is 3.59. The molecule has 0 aliphatic heterocycles. The molecule has 1 heteroatoms. The summed E-state index contributed by atoms with van der Waals surface area (Å²) < 4.78 is 0. The van der Waals surface area contributed by atoms with Gasteiger partial charge in [0, 0.05) is 0 Å². The van der Waals surface area contributed by atoms with Crippen LogP contribution in [0.2, 0.25) is 0 Å². The molecule has 0 heterocycles. The van der Waals surface area contributed by atoms with Gasteiger partial charge in [-0.3, -0.25) is 0 Å². The third kappa shape index (κ3) is 9.21. The molecule has 1 atom stereocenters. The molecule has 0 amide bonds. The molecule has 1 N–H and O–H groups in total. The summed E-state index contributed by atoms with van der Waals surface area (Å²) in [5, 5.41) is 9.86. The van der Waals surface area contributed by atoms with Gasteiger partial charge in [-0.05, 0) is 31.1 Å². The predicted octanol–water partition coefficient (Wildman–Crippen LogP) is 4.92. The summed E-state index contributed by atoms with van der Waals surface area (Å²) in [5.74, 6) is 0. The van der Waals surface area contributed by atoms with E-state index >= 15 is 0 Å². The minimum atomic E-state index is -0.0625. The van der Waals surface area contributed by atoms with Crippen LogP contribution in [-0.4, -0.2) is 11.2 Å². The van der Waals surface area contributed by atoms with Gasteiger partial charge in [-0.1, -0.05) is 59.8 Å². The van der Waals surface area contributed by atoms with Crippen LogP contribution in [0.3, 0.4) is 0 Å². The highest BCUT2D eigenvalue weighted by atomic mass is 16.3. The molecule has 0 radical (unpaired) electrons. The summed E-state index contributed by atoms with van der Waals surface area (Å²) >= 11 is 0. The first-order chi connectivity index (χ1) is 7.52. The molecule has 0 spiro atoms. The summed E-state index contributed by atoms with van der Waals surface area (Å²) in [7, 11) is 0. The van der Waals surface area contributed by atoms with Crippen molar-refractivity contribution in [2.45, 2.75) is 91.6 Å². The Morgan fingerprint density at radius 1 is 0.875 bits per heavy atom. The van der Waals surface area contributed by atoms with Crippen LogP contribution in [0.5, 0.6) is 0 Å². The van der Waals surface area contributed by atoms with E-state index in [1.165, 1.54) is 44.9 Å². The molecule has 0 rings (SSSR count). The first-order valence-electron chi connectivity index (χ1n) is 7.20. The monoisotopic (exact) mass is 228 g/mol. The van der Waals surface area contributed by atoms with Gasteiger partial charge in [-0.25, -0.2) is 0 Å². The van der Waals surface area contributed by atoms with E-state index in [1.807, 2.05) is 0 Å².